The maximum Gasteiger partial charge on any atom is 0.317 e. The van der Waals surface area contributed by atoms with E-state index in [0.29, 0.717) is 32.6 Å². The highest BCUT2D eigenvalue weighted by Crippen LogP contribution is 2.19. The van der Waals surface area contributed by atoms with E-state index in [-0.39, 0.29) is 11.9 Å². The summed E-state index contributed by atoms with van der Waals surface area (Å²) in [6.07, 6.45) is 2.19. The summed E-state index contributed by atoms with van der Waals surface area (Å²) in [4.78, 5) is 28.1. The molecule has 0 saturated carbocycles. The van der Waals surface area contributed by atoms with Crippen molar-refractivity contribution in [2.75, 3.05) is 26.2 Å². The molecule has 3 amide bonds. The zero-order chi connectivity index (χ0) is 16.7. The fourth-order valence-electron chi connectivity index (χ4n) is 2.95. The average Bonchev–Trinajstić information content (AvgIpc) is 2.58. The number of fused-ring (bicyclic) bond motifs is 1. The molecule has 5 nitrogen and oxygen atoms in total. The molecule has 0 aliphatic carbocycles. The maximum absolute atomic E-state index is 12.5. The van der Waals surface area contributed by atoms with Gasteiger partial charge in [0.15, 0.2) is 0 Å². The first-order valence-electron chi connectivity index (χ1n) is 8.53. The Morgan fingerprint density at radius 2 is 1.91 bits per heavy atom. The molecule has 0 bridgehead atoms. The first kappa shape index (κ1) is 17.3. The number of nitrogens with zero attached hydrogens (tertiary/aromatic N) is 2. The second-order valence-electron chi connectivity index (χ2n) is 5.91. The molecule has 1 aromatic carbocycles. The summed E-state index contributed by atoms with van der Waals surface area (Å²) in [5.74, 6) is 0.130. The normalized spacial score (nSPS) is 13.4. The van der Waals surface area contributed by atoms with Crippen molar-refractivity contribution in [2.24, 2.45) is 0 Å². The highest BCUT2D eigenvalue weighted by atomic mass is 16.2. The Morgan fingerprint density at radius 3 is 2.61 bits per heavy atom. The fraction of sp³-hybridized carbons (Fsp3) is 0.556. The van der Waals surface area contributed by atoms with E-state index in [1.807, 2.05) is 30.9 Å². The molecule has 0 fully saturated rings. The summed E-state index contributed by atoms with van der Waals surface area (Å²) in [5, 5.41) is 2.81. The van der Waals surface area contributed by atoms with Crippen LogP contribution in [0.2, 0.25) is 0 Å². The summed E-state index contributed by atoms with van der Waals surface area (Å²) < 4.78 is 0. The maximum atomic E-state index is 12.5. The van der Waals surface area contributed by atoms with Gasteiger partial charge in [-0.05, 0) is 30.9 Å². The summed E-state index contributed by atoms with van der Waals surface area (Å²) >= 11 is 0. The van der Waals surface area contributed by atoms with Crippen molar-refractivity contribution in [3.8, 4) is 0 Å². The van der Waals surface area contributed by atoms with E-state index in [0.717, 1.165) is 19.4 Å². The van der Waals surface area contributed by atoms with Gasteiger partial charge in [-0.2, -0.15) is 0 Å². The van der Waals surface area contributed by atoms with Crippen LogP contribution in [0.25, 0.3) is 0 Å². The zero-order valence-electron chi connectivity index (χ0n) is 14.2. The monoisotopic (exact) mass is 317 g/mol. The lowest BCUT2D eigenvalue weighted by Gasteiger charge is -2.30. The second kappa shape index (κ2) is 8.56. The Bertz CT molecular complexity index is 545. The van der Waals surface area contributed by atoms with E-state index in [2.05, 4.69) is 17.4 Å². The molecule has 1 aliphatic heterocycles. The Balaban J connectivity index is 1.88. The minimum absolute atomic E-state index is 0.0776. The highest BCUT2D eigenvalue weighted by molar-refractivity contribution is 5.78. The van der Waals surface area contributed by atoms with Crippen LogP contribution in [0.5, 0.6) is 0 Å². The number of hydrogen-bond donors (Lipinski definition) is 1. The second-order valence-corrected chi connectivity index (χ2v) is 5.91. The number of hydrogen-bond acceptors (Lipinski definition) is 2. The number of urea groups is 1. The minimum atomic E-state index is -0.0776. The molecular weight excluding hydrogens is 290 g/mol. The van der Waals surface area contributed by atoms with E-state index in [4.69, 9.17) is 0 Å². The SMILES string of the molecule is CCCN(CCC(=O)N1CCc2ccccc2C1)C(=O)NCC. The predicted octanol–water partition coefficient (Wildman–Crippen LogP) is 2.40. The number of rotatable bonds is 6. The van der Waals surface area contributed by atoms with Gasteiger partial charge in [0.1, 0.15) is 0 Å². The topological polar surface area (TPSA) is 52.7 Å². The van der Waals surface area contributed by atoms with Crippen LogP contribution in [0.4, 0.5) is 4.79 Å². The van der Waals surface area contributed by atoms with Gasteiger partial charge < -0.3 is 15.1 Å². The predicted molar refractivity (Wildman–Crippen MR) is 91.1 cm³/mol. The van der Waals surface area contributed by atoms with Crippen molar-refractivity contribution in [2.45, 2.75) is 39.7 Å². The van der Waals surface area contributed by atoms with Crippen molar-refractivity contribution < 1.29 is 9.59 Å². The van der Waals surface area contributed by atoms with Gasteiger partial charge in [0.2, 0.25) is 5.91 Å². The number of amides is 3. The Labute approximate surface area is 138 Å². The Kier molecular flexibility index (Phi) is 6.44. The Hall–Kier alpha value is -2.04. The van der Waals surface area contributed by atoms with Crippen LogP contribution in [-0.4, -0.2) is 47.9 Å². The summed E-state index contributed by atoms with van der Waals surface area (Å²) in [5.41, 5.74) is 2.58. The quantitative estimate of drug-likeness (QED) is 0.876. The molecule has 0 unspecified atom stereocenters. The van der Waals surface area contributed by atoms with Gasteiger partial charge >= 0.3 is 6.03 Å². The van der Waals surface area contributed by atoms with Crippen LogP contribution in [0.15, 0.2) is 24.3 Å². The minimum Gasteiger partial charge on any atom is -0.338 e. The molecule has 126 valence electrons. The van der Waals surface area contributed by atoms with Crippen molar-refractivity contribution in [3.63, 3.8) is 0 Å². The van der Waals surface area contributed by atoms with Crippen LogP contribution in [-0.2, 0) is 17.8 Å². The van der Waals surface area contributed by atoms with E-state index in [9.17, 15) is 9.59 Å². The largest absolute Gasteiger partial charge is 0.338 e. The van der Waals surface area contributed by atoms with Gasteiger partial charge in [-0.1, -0.05) is 31.2 Å². The third-order valence-corrected chi connectivity index (χ3v) is 4.19. The first-order valence-corrected chi connectivity index (χ1v) is 8.53. The van der Waals surface area contributed by atoms with Gasteiger partial charge in [0.25, 0.3) is 0 Å². The smallest absolute Gasteiger partial charge is 0.317 e. The molecule has 5 heteroatoms. The van der Waals surface area contributed by atoms with Crippen molar-refractivity contribution >= 4 is 11.9 Å². The van der Waals surface area contributed by atoms with Crippen LogP contribution >= 0.6 is 0 Å². The van der Waals surface area contributed by atoms with Crippen molar-refractivity contribution in [1.82, 2.24) is 15.1 Å². The fourth-order valence-corrected chi connectivity index (χ4v) is 2.95. The van der Waals surface area contributed by atoms with Crippen LogP contribution in [0, 0.1) is 0 Å². The lowest BCUT2D eigenvalue weighted by molar-refractivity contribution is -0.132. The van der Waals surface area contributed by atoms with E-state index in [1.165, 1.54) is 11.1 Å². The van der Waals surface area contributed by atoms with E-state index >= 15 is 0 Å². The molecule has 0 spiro atoms. The Morgan fingerprint density at radius 1 is 1.17 bits per heavy atom. The summed E-state index contributed by atoms with van der Waals surface area (Å²) in [6, 6.07) is 8.21. The van der Waals surface area contributed by atoms with Crippen LogP contribution < -0.4 is 5.32 Å². The van der Waals surface area contributed by atoms with Gasteiger partial charge in [0.05, 0.1) is 0 Å². The zero-order valence-corrected chi connectivity index (χ0v) is 14.2. The lowest BCUT2D eigenvalue weighted by atomic mass is 10.00. The van der Waals surface area contributed by atoms with Gasteiger partial charge in [-0.3, -0.25) is 4.79 Å². The van der Waals surface area contributed by atoms with Gasteiger partial charge in [-0.15, -0.1) is 0 Å². The lowest BCUT2D eigenvalue weighted by Crippen LogP contribution is -2.43. The van der Waals surface area contributed by atoms with Crippen molar-refractivity contribution in [3.05, 3.63) is 35.4 Å². The average molecular weight is 317 g/mol. The van der Waals surface area contributed by atoms with Crippen LogP contribution in [0.3, 0.4) is 0 Å². The molecule has 1 aromatic rings. The molecule has 1 aliphatic rings. The standard InChI is InChI=1S/C18H27N3O2/c1-3-11-20(18(23)19-4-2)13-10-17(22)21-12-9-15-7-5-6-8-16(15)14-21/h5-8H,3-4,9-14H2,1-2H3,(H,19,23). The molecular formula is C18H27N3O2. The third kappa shape index (κ3) is 4.71. The molecule has 1 heterocycles. The number of nitrogens with one attached hydrogen (secondary N) is 1. The molecule has 1 N–H and O–H groups in total. The molecule has 0 saturated heterocycles. The molecule has 0 radical (unpaired) electrons. The van der Waals surface area contributed by atoms with Gasteiger partial charge in [-0.25, -0.2) is 4.79 Å². The number of carbonyl (C=O) groups excluding carboxylic acids is 2. The molecule has 0 atom stereocenters. The highest BCUT2D eigenvalue weighted by Gasteiger charge is 2.21. The summed E-state index contributed by atoms with van der Waals surface area (Å²) in [7, 11) is 0. The first-order chi connectivity index (χ1) is 11.2. The molecule has 23 heavy (non-hydrogen) atoms. The van der Waals surface area contributed by atoms with E-state index in [1.54, 1.807) is 4.90 Å². The molecule has 2 rings (SSSR count). The molecule has 0 aromatic heterocycles. The van der Waals surface area contributed by atoms with Crippen molar-refractivity contribution in [1.29, 1.82) is 0 Å². The third-order valence-electron chi connectivity index (χ3n) is 4.19. The number of benzene rings is 1. The van der Waals surface area contributed by atoms with E-state index < -0.39 is 0 Å². The van der Waals surface area contributed by atoms with Gasteiger partial charge in [0, 0.05) is 39.1 Å². The summed E-state index contributed by atoms with van der Waals surface area (Å²) in [6.45, 7) is 7.16. The number of carbonyl (C=O) groups is 2. The van der Waals surface area contributed by atoms with Crippen LogP contribution in [0.1, 0.15) is 37.8 Å².